The zero-order valence-corrected chi connectivity index (χ0v) is 8.11. The van der Waals surface area contributed by atoms with Crippen molar-refractivity contribution in [2.24, 2.45) is 0 Å². The lowest BCUT2D eigenvalue weighted by molar-refractivity contribution is -0.275. The summed E-state index contributed by atoms with van der Waals surface area (Å²) in [7, 11) is 0. The number of nitrogens with zero attached hydrogens (tertiary/aromatic N) is 1. The molecule has 0 saturated heterocycles. The van der Waals surface area contributed by atoms with E-state index in [0.717, 1.165) is 6.20 Å². The summed E-state index contributed by atoms with van der Waals surface area (Å²) >= 11 is 2.97. The Kier molecular flexibility index (Phi) is 2.80. The van der Waals surface area contributed by atoms with Crippen molar-refractivity contribution in [3.63, 3.8) is 0 Å². The summed E-state index contributed by atoms with van der Waals surface area (Å²) in [5, 5.41) is 0. The first kappa shape index (κ1) is 10.3. The summed E-state index contributed by atoms with van der Waals surface area (Å²) in [5.74, 6) is -0.326. The molecule has 0 N–H and O–H groups in total. The smallest absolute Gasteiger partial charge is 0.403 e. The Balaban J connectivity index is 2.96. The van der Waals surface area contributed by atoms with Crippen LogP contribution in [0.2, 0.25) is 0 Å². The summed E-state index contributed by atoms with van der Waals surface area (Å²) in [4.78, 5) is 3.57. The van der Waals surface area contributed by atoms with Crippen LogP contribution in [0.5, 0.6) is 5.75 Å². The van der Waals surface area contributed by atoms with Gasteiger partial charge >= 0.3 is 6.36 Å². The van der Waals surface area contributed by atoms with Crippen LogP contribution in [0.15, 0.2) is 16.9 Å². The Morgan fingerprint density at radius 3 is 2.54 bits per heavy atom. The maximum Gasteiger partial charge on any atom is 0.573 e. The van der Waals surface area contributed by atoms with Crippen LogP contribution in [0.4, 0.5) is 13.2 Å². The number of alkyl halides is 3. The minimum Gasteiger partial charge on any atom is -0.403 e. The van der Waals surface area contributed by atoms with Crippen LogP contribution in [-0.2, 0) is 0 Å². The summed E-state index contributed by atoms with van der Waals surface area (Å²) in [6.07, 6.45) is -2.24. The highest BCUT2D eigenvalue weighted by molar-refractivity contribution is 9.10. The van der Waals surface area contributed by atoms with E-state index in [1.165, 1.54) is 6.20 Å². The van der Waals surface area contributed by atoms with E-state index >= 15 is 0 Å². The molecule has 0 amide bonds. The first-order valence-corrected chi connectivity index (χ1v) is 4.05. The SMILES string of the molecule is Cc1cncc(OC(F)(F)F)c1Br. The van der Waals surface area contributed by atoms with Crippen molar-refractivity contribution >= 4 is 15.9 Å². The monoisotopic (exact) mass is 255 g/mol. The number of aryl methyl sites for hydroxylation is 1. The third-order valence-electron chi connectivity index (χ3n) is 1.25. The van der Waals surface area contributed by atoms with Gasteiger partial charge in [-0.05, 0) is 28.4 Å². The summed E-state index contributed by atoms with van der Waals surface area (Å²) in [5.41, 5.74) is 0.585. The topological polar surface area (TPSA) is 22.1 Å². The summed E-state index contributed by atoms with van der Waals surface area (Å²) in [6.45, 7) is 1.63. The molecule has 72 valence electrons. The Hall–Kier alpha value is -0.780. The van der Waals surface area contributed by atoms with Gasteiger partial charge in [0.25, 0.3) is 0 Å². The fraction of sp³-hybridized carbons (Fsp3) is 0.286. The number of rotatable bonds is 1. The number of halogens is 4. The number of pyridine rings is 1. The molecule has 0 aromatic carbocycles. The number of hydrogen-bond acceptors (Lipinski definition) is 2. The van der Waals surface area contributed by atoms with Crippen LogP contribution in [-0.4, -0.2) is 11.3 Å². The molecular formula is C7H5BrF3NO. The number of ether oxygens (including phenoxy) is 1. The van der Waals surface area contributed by atoms with Crippen molar-refractivity contribution < 1.29 is 17.9 Å². The van der Waals surface area contributed by atoms with E-state index in [-0.39, 0.29) is 10.2 Å². The number of aromatic nitrogens is 1. The molecule has 0 radical (unpaired) electrons. The molecule has 0 saturated carbocycles. The second kappa shape index (κ2) is 3.53. The van der Waals surface area contributed by atoms with Crippen molar-refractivity contribution in [3.05, 3.63) is 22.4 Å². The van der Waals surface area contributed by atoms with Gasteiger partial charge in [0.2, 0.25) is 0 Å². The average molecular weight is 256 g/mol. The van der Waals surface area contributed by atoms with Gasteiger partial charge in [0.15, 0.2) is 5.75 Å². The van der Waals surface area contributed by atoms with E-state index in [4.69, 9.17) is 0 Å². The molecule has 0 aliphatic heterocycles. The molecule has 1 rings (SSSR count). The van der Waals surface area contributed by atoms with Crippen LogP contribution >= 0.6 is 15.9 Å². The molecule has 0 unspecified atom stereocenters. The van der Waals surface area contributed by atoms with Crippen LogP contribution in [0.3, 0.4) is 0 Å². The normalized spacial score (nSPS) is 11.5. The molecule has 0 aliphatic carbocycles. The molecule has 1 aromatic heterocycles. The standard InChI is InChI=1S/C7H5BrF3NO/c1-4-2-12-3-5(6(4)8)13-7(9,10)11/h2-3H,1H3. The van der Waals surface area contributed by atoms with Gasteiger partial charge < -0.3 is 4.74 Å². The van der Waals surface area contributed by atoms with Crippen molar-refractivity contribution in [2.75, 3.05) is 0 Å². The minimum atomic E-state index is -4.68. The van der Waals surface area contributed by atoms with Gasteiger partial charge in [-0.1, -0.05) is 0 Å². The fourth-order valence-corrected chi connectivity index (χ4v) is 1.01. The Morgan fingerprint density at radius 1 is 1.38 bits per heavy atom. The van der Waals surface area contributed by atoms with Gasteiger partial charge in [-0.25, -0.2) is 0 Å². The fourth-order valence-electron chi connectivity index (χ4n) is 0.720. The van der Waals surface area contributed by atoms with Gasteiger partial charge in [-0.2, -0.15) is 0 Å². The maximum absolute atomic E-state index is 11.8. The second-order valence-electron chi connectivity index (χ2n) is 2.32. The Morgan fingerprint density at radius 2 is 2.00 bits per heavy atom. The zero-order valence-electron chi connectivity index (χ0n) is 6.52. The third-order valence-corrected chi connectivity index (χ3v) is 2.26. The zero-order chi connectivity index (χ0) is 10.1. The molecule has 0 fully saturated rings. The molecule has 1 aromatic rings. The van der Waals surface area contributed by atoms with E-state index in [0.29, 0.717) is 5.56 Å². The van der Waals surface area contributed by atoms with E-state index < -0.39 is 6.36 Å². The van der Waals surface area contributed by atoms with E-state index in [9.17, 15) is 13.2 Å². The van der Waals surface area contributed by atoms with Crippen molar-refractivity contribution in [3.8, 4) is 5.75 Å². The molecule has 6 heteroatoms. The molecule has 2 nitrogen and oxygen atoms in total. The lowest BCUT2D eigenvalue weighted by atomic mass is 10.3. The molecule has 0 spiro atoms. The first-order chi connectivity index (χ1) is 5.90. The van der Waals surface area contributed by atoms with Crippen molar-refractivity contribution in [2.45, 2.75) is 13.3 Å². The van der Waals surface area contributed by atoms with E-state index in [2.05, 4.69) is 25.7 Å². The van der Waals surface area contributed by atoms with Gasteiger partial charge in [-0.15, -0.1) is 13.2 Å². The van der Waals surface area contributed by atoms with Crippen LogP contribution < -0.4 is 4.74 Å². The summed E-state index contributed by atoms with van der Waals surface area (Å²) in [6, 6.07) is 0. The average Bonchev–Trinajstić information content (AvgIpc) is 1.96. The highest BCUT2D eigenvalue weighted by atomic mass is 79.9. The number of hydrogen-bond donors (Lipinski definition) is 0. The molecule has 0 bridgehead atoms. The quantitative estimate of drug-likeness (QED) is 0.770. The van der Waals surface area contributed by atoms with Crippen molar-refractivity contribution in [1.82, 2.24) is 4.98 Å². The predicted molar refractivity (Wildman–Crippen MR) is 43.4 cm³/mol. The lowest BCUT2D eigenvalue weighted by Gasteiger charge is -2.10. The molecule has 0 aliphatic rings. The minimum absolute atomic E-state index is 0.264. The van der Waals surface area contributed by atoms with Crippen molar-refractivity contribution in [1.29, 1.82) is 0 Å². The molecule has 13 heavy (non-hydrogen) atoms. The highest BCUT2D eigenvalue weighted by Crippen LogP contribution is 2.31. The molecule has 1 heterocycles. The maximum atomic E-state index is 11.8. The van der Waals surface area contributed by atoms with Crippen LogP contribution in [0.25, 0.3) is 0 Å². The Bertz CT molecular complexity index is 313. The van der Waals surface area contributed by atoms with Gasteiger partial charge in [0.1, 0.15) is 0 Å². The lowest BCUT2D eigenvalue weighted by Crippen LogP contribution is -2.17. The predicted octanol–water partition coefficient (Wildman–Crippen LogP) is 3.05. The first-order valence-electron chi connectivity index (χ1n) is 3.26. The van der Waals surface area contributed by atoms with Crippen LogP contribution in [0.1, 0.15) is 5.56 Å². The Labute approximate surface area is 80.9 Å². The summed E-state index contributed by atoms with van der Waals surface area (Å²) < 4.78 is 39.3. The third kappa shape index (κ3) is 2.87. The molecular weight excluding hydrogens is 251 g/mol. The molecule has 0 atom stereocenters. The second-order valence-corrected chi connectivity index (χ2v) is 3.11. The van der Waals surface area contributed by atoms with Gasteiger partial charge in [-0.3, -0.25) is 4.98 Å². The largest absolute Gasteiger partial charge is 0.573 e. The van der Waals surface area contributed by atoms with Crippen LogP contribution in [0, 0.1) is 6.92 Å². The highest BCUT2D eigenvalue weighted by Gasteiger charge is 2.32. The van der Waals surface area contributed by atoms with E-state index in [1.807, 2.05) is 0 Å². The van der Waals surface area contributed by atoms with Gasteiger partial charge in [0, 0.05) is 6.20 Å². The van der Waals surface area contributed by atoms with E-state index in [1.54, 1.807) is 6.92 Å². The van der Waals surface area contributed by atoms with Gasteiger partial charge in [0.05, 0.1) is 10.7 Å².